The highest BCUT2D eigenvalue weighted by Crippen LogP contribution is 2.42. The quantitative estimate of drug-likeness (QED) is 0.750. The van der Waals surface area contributed by atoms with Crippen LogP contribution in [0.1, 0.15) is 60.5 Å². The van der Waals surface area contributed by atoms with Crippen LogP contribution < -0.4 is 5.32 Å². The fraction of sp³-hybridized carbons (Fsp3) is 0.667. The maximum atomic E-state index is 3.64. The van der Waals surface area contributed by atoms with E-state index in [4.69, 9.17) is 0 Å². The molecule has 1 aliphatic heterocycles. The van der Waals surface area contributed by atoms with Crippen LogP contribution in [0.15, 0.2) is 23.1 Å². The molecular weight excluding hydrogens is 262 g/mol. The van der Waals surface area contributed by atoms with Crippen molar-refractivity contribution in [1.29, 1.82) is 0 Å². The van der Waals surface area contributed by atoms with Crippen LogP contribution in [0.3, 0.4) is 0 Å². The lowest BCUT2D eigenvalue weighted by Crippen LogP contribution is -2.36. The predicted octanol–water partition coefficient (Wildman–Crippen LogP) is 5.70. The van der Waals surface area contributed by atoms with Crippen LogP contribution >= 0.6 is 11.8 Å². The second kappa shape index (κ2) is 4.98. The van der Waals surface area contributed by atoms with E-state index in [2.05, 4.69) is 72.0 Å². The maximum absolute atomic E-state index is 3.64. The van der Waals surface area contributed by atoms with Crippen LogP contribution in [0.4, 0.5) is 5.69 Å². The topological polar surface area (TPSA) is 12.0 Å². The summed E-state index contributed by atoms with van der Waals surface area (Å²) >= 11 is 1.98. The Labute approximate surface area is 128 Å². The number of nitrogens with one attached hydrogen (secondary N) is 1. The van der Waals surface area contributed by atoms with Gasteiger partial charge in [-0.25, -0.2) is 0 Å². The van der Waals surface area contributed by atoms with E-state index in [9.17, 15) is 0 Å². The van der Waals surface area contributed by atoms with Crippen LogP contribution in [-0.4, -0.2) is 11.3 Å². The van der Waals surface area contributed by atoms with Crippen molar-refractivity contribution < 1.29 is 0 Å². The molecule has 0 fully saturated rings. The molecule has 1 aliphatic rings. The molecule has 0 unspecified atom stereocenters. The number of rotatable bonds is 2. The lowest BCUT2D eigenvalue weighted by atomic mass is 9.72. The van der Waals surface area contributed by atoms with Gasteiger partial charge in [0.1, 0.15) is 0 Å². The van der Waals surface area contributed by atoms with Crippen molar-refractivity contribution >= 4 is 17.4 Å². The number of anilines is 1. The minimum absolute atomic E-state index is 0.195. The fourth-order valence-electron chi connectivity index (χ4n) is 3.25. The number of benzene rings is 1. The molecule has 0 aromatic heterocycles. The van der Waals surface area contributed by atoms with Crippen molar-refractivity contribution in [3.8, 4) is 0 Å². The van der Waals surface area contributed by atoms with Crippen LogP contribution in [0.25, 0.3) is 0 Å². The summed E-state index contributed by atoms with van der Waals surface area (Å²) in [5, 5.41) is 3.64. The minimum atomic E-state index is 0.195. The molecular formula is C18H29NS. The second-order valence-corrected chi connectivity index (χ2v) is 9.65. The third-order valence-electron chi connectivity index (χ3n) is 3.80. The average molecular weight is 292 g/mol. The van der Waals surface area contributed by atoms with E-state index in [0.717, 1.165) is 5.75 Å². The predicted molar refractivity (Wildman–Crippen MR) is 92.0 cm³/mol. The largest absolute Gasteiger partial charge is 0.378 e. The lowest BCUT2D eigenvalue weighted by molar-refractivity contribution is 0.284. The van der Waals surface area contributed by atoms with Crippen LogP contribution in [0.5, 0.6) is 0 Å². The Balaban J connectivity index is 2.28. The summed E-state index contributed by atoms with van der Waals surface area (Å²) in [5.41, 5.74) is 3.52. The van der Waals surface area contributed by atoms with Crippen molar-refractivity contribution in [3.05, 3.63) is 23.8 Å². The van der Waals surface area contributed by atoms with Crippen LogP contribution in [0.2, 0.25) is 0 Å². The van der Waals surface area contributed by atoms with E-state index in [-0.39, 0.29) is 11.0 Å². The lowest BCUT2D eigenvalue weighted by Gasteiger charge is -2.36. The molecule has 0 radical (unpaired) electrons. The fourth-order valence-corrected chi connectivity index (χ4v) is 4.33. The Kier molecular flexibility index (Phi) is 3.92. The highest BCUT2D eigenvalue weighted by atomic mass is 32.2. The molecule has 0 saturated carbocycles. The number of hydrogen-bond acceptors (Lipinski definition) is 2. The first-order valence-electron chi connectivity index (χ1n) is 7.54. The van der Waals surface area contributed by atoms with Gasteiger partial charge < -0.3 is 5.32 Å². The SMILES string of the molecule is CC(C)(C)CC(C)(C)c1ccc2c(c1)SCC(C)(C)N2. The van der Waals surface area contributed by atoms with Gasteiger partial charge in [-0.15, -0.1) is 11.8 Å². The van der Waals surface area contributed by atoms with Crippen molar-refractivity contribution in [2.24, 2.45) is 5.41 Å². The molecule has 1 N–H and O–H groups in total. The van der Waals surface area contributed by atoms with Gasteiger partial charge in [-0.1, -0.05) is 40.7 Å². The van der Waals surface area contributed by atoms with Gasteiger partial charge in [-0.2, -0.15) is 0 Å². The zero-order valence-corrected chi connectivity index (χ0v) is 14.9. The van der Waals surface area contributed by atoms with Gasteiger partial charge in [-0.3, -0.25) is 0 Å². The Morgan fingerprint density at radius 1 is 1.15 bits per heavy atom. The van der Waals surface area contributed by atoms with Gasteiger partial charge in [0, 0.05) is 21.9 Å². The molecule has 2 heteroatoms. The molecule has 0 saturated heterocycles. The van der Waals surface area contributed by atoms with E-state index < -0.39 is 0 Å². The van der Waals surface area contributed by atoms with E-state index in [0.29, 0.717) is 5.41 Å². The molecule has 1 aromatic rings. The monoisotopic (exact) mass is 291 g/mol. The minimum Gasteiger partial charge on any atom is -0.378 e. The van der Waals surface area contributed by atoms with Gasteiger partial charge in [0.15, 0.2) is 0 Å². The van der Waals surface area contributed by atoms with E-state index in [1.54, 1.807) is 0 Å². The zero-order valence-electron chi connectivity index (χ0n) is 14.1. The molecule has 0 amide bonds. The molecule has 1 nitrogen and oxygen atoms in total. The third-order valence-corrected chi connectivity index (χ3v) is 5.31. The smallest absolute Gasteiger partial charge is 0.0482 e. The molecule has 1 aromatic carbocycles. The summed E-state index contributed by atoms with van der Waals surface area (Å²) in [4.78, 5) is 1.41. The summed E-state index contributed by atoms with van der Waals surface area (Å²) < 4.78 is 0. The molecule has 2 rings (SSSR count). The summed E-state index contributed by atoms with van der Waals surface area (Å²) in [6.07, 6.45) is 1.20. The van der Waals surface area contributed by atoms with Crippen LogP contribution in [0, 0.1) is 5.41 Å². The Morgan fingerprint density at radius 3 is 2.40 bits per heavy atom. The Hall–Kier alpha value is -0.630. The molecule has 0 bridgehead atoms. The number of thioether (sulfide) groups is 1. The zero-order chi connectivity index (χ0) is 15.2. The summed E-state index contributed by atoms with van der Waals surface area (Å²) in [5.74, 6) is 1.13. The normalized spacial score (nSPS) is 18.4. The van der Waals surface area contributed by atoms with Gasteiger partial charge in [-0.05, 0) is 48.8 Å². The van der Waals surface area contributed by atoms with Crippen molar-refractivity contribution in [2.45, 2.75) is 70.7 Å². The average Bonchev–Trinajstić information content (AvgIpc) is 2.23. The molecule has 20 heavy (non-hydrogen) atoms. The first-order valence-corrected chi connectivity index (χ1v) is 8.53. The standard InChI is InChI=1S/C18H29NS/c1-16(2,3)11-17(4,5)13-8-9-14-15(10-13)20-12-18(6,7)19-14/h8-10,19H,11-12H2,1-7H3. The second-order valence-electron chi connectivity index (χ2n) is 8.63. The summed E-state index contributed by atoms with van der Waals surface area (Å²) in [6.45, 7) is 16.2. The van der Waals surface area contributed by atoms with E-state index in [1.807, 2.05) is 11.8 Å². The molecule has 0 spiro atoms. The first kappa shape index (κ1) is 15.8. The summed E-state index contributed by atoms with van der Waals surface area (Å²) in [7, 11) is 0. The Morgan fingerprint density at radius 2 is 1.80 bits per heavy atom. The first-order chi connectivity index (χ1) is 8.99. The highest BCUT2D eigenvalue weighted by Gasteiger charge is 2.30. The highest BCUT2D eigenvalue weighted by molar-refractivity contribution is 7.99. The van der Waals surface area contributed by atoms with Gasteiger partial charge in [0.25, 0.3) is 0 Å². The van der Waals surface area contributed by atoms with E-state index >= 15 is 0 Å². The van der Waals surface area contributed by atoms with Gasteiger partial charge in [0.2, 0.25) is 0 Å². The van der Waals surface area contributed by atoms with Gasteiger partial charge in [0.05, 0.1) is 0 Å². The number of fused-ring (bicyclic) bond motifs is 1. The van der Waals surface area contributed by atoms with Crippen LogP contribution in [-0.2, 0) is 5.41 Å². The number of hydrogen-bond donors (Lipinski definition) is 1. The Bertz CT molecular complexity index is 495. The molecule has 0 aliphatic carbocycles. The molecule has 112 valence electrons. The van der Waals surface area contributed by atoms with Crippen molar-refractivity contribution in [1.82, 2.24) is 0 Å². The van der Waals surface area contributed by atoms with Crippen molar-refractivity contribution in [3.63, 3.8) is 0 Å². The molecule has 1 heterocycles. The van der Waals surface area contributed by atoms with E-state index in [1.165, 1.54) is 22.6 Å². The third kappa shape index (κ3) is 3.72. The maximum Gasteiger partial charge on any atom is 0.0482 e. The molecule has 0 atom stereocenters. The summed E-state index contributed by atoms with van der Waals surface area (Å²) in [6, 6.07) is 6.97. The van der Waals surface area contributed by atoms with Gasteiger partial charge >= 0.3 is 0 Å². The van der Waals surface area contributed by atoms with Crippen molar-refractivity contribution in [2.75, 3.05) is 11.1 Å².